The number of hydrogen-bond acceptors (Lipinski definition) is 18. The van der Waals surface area contributed by atoms with Gasteiger partial charge in [-0.1, -0.05) is 77.3 Å². The molecular weight excluding hydrogens is 1100 g/mol. The van der Waals surface area contributed by atoms with E-state index >= 15 is 0 Å². The highest BCUT2D eigenvalue weighted by molar-refractivity contribution is 5.99. The number of nitrogens with two attached hydrogens (primary N) is 5. The van der Waals surface area contributed by atoms with Crippen molar-refractivity contribution in [1.82, 2.24) is 42.5 Å². The average Bonchev–Trinajstić information content (AvgIpc) is 3.67. The molecular formula is C59H101N13O13. The van der Waals surface area contributed by atoms with Crippen LogP contribution in [0.4, 0.5) is 0 Å². The van der Waals surface area contributed by atoms with E-state index in [1.54, 1.807) is 30.3 Å². The van der Waals surface area contributed by atoms with Crippen molar-refractivity contribution >= 4 is 64.6 Å². The SMILES string of the molecule is CC[C@H](C)CCCCC(=O)C[C@H](CCN)C(=O)N[C@H](C(=O)N[C@@H](CCN)C(=O)NC1CCNC(=O)[C@@H]([C@H](C)O)CC(=O)[C@H](CCN)NC(=O)[C@H](CCN)NC(=O)[C@H](CC(C)C)CC(=O)[C@@H](Cc2ccccc2)NC(=O)[C@@H](CCN)NC1=O)[C@@H](C)O. The van der Waals surface area contributed by atoms with Crippen LogP contribution >= 0.6 is 0 Å². The first kappa shape index (κ1) is 74.8. The third kappa shape index (κ3) is 27.3. The third-order valence-electron chi connectivity index (χ3n) is 15.2. The van der Waals surface area contributed by atoms with E-state index in [2.05, 4.69) is 56.4 Å². The van der Waals surface area contributed by atoms with Crippen molar-refractivity contribution in [2.75, 3.05) is 39.3 Å². The van der Waals surface area contributed by atoms with Gasteiger partial charge in [0.25, 0.3) is 0 Å². The number of unbranched alkanes of at least 4 members (excludes halogenated alkanes) is 1. The van der Waals surface area contributed by atoms with Crippen LogP contribution in [0.2, 0.25) is 0 Å². The molecule has 13 atom stereocenters. The molecule has 26 heteroatoms. The lowest BCUT2D eigenvalue weighted by Gasteiger charge is -2.28. The Morgan fingerprint density at radius 1 is 0.624 bits per heavy atom. The van der Waals surface area contributed by atoms with E-state index in [4.69, 9.17) is 28.7 Å². The maximum absolute atomic E-state index is 14.6. The fourth-order valence-electron chi connectivity index (χ4n) is 9.94. The minimum atomic E-state index is -1.65. The summed E-state index contributed by atoms with van der Waals surface area (Å²) in [5, 5.41) is 42.5. The summed E-state index contributed by atoms with van der Waals surface area (Å²) in [7, 11) is 0. The van der Waals surface area contributed by atoms with Gasteiger partial charge in [0.05, 0.1) is 30.2 Å². The van der Waals surface area contributed by atoms with Crippen molar-refractivity contribution in [3.63, 3.8) is 0 Å². The maximum atomic E-state index is 14.6. The van der Waals surface area contributed by atoms with Gasteiger partial charge in [-0.2, -0.15) is 0 Å². The molecule has 1 aromatic rings. The van der Waals surface area contributed by atoms with Gasteiger partial charge in [-0.15, -0.1) is 0 Å². The lowest BCUT2D eigenvalue weighted by molar-refractivity contribution is -0.137. The second-order valence-electron chi connectivity index (χ2n) is 23.0. The van der Waals surface area contributed by atoms with Gasteiger partial charge in [-0.3, -0.25) is 52.7 Å². The lowest BCUT2D eigenvalue weighted by atomic mass is 9.88. The van der Waals surface area contributed by atoms with Crippen LogP contribution in [0.3, 0.4) is 0 Å². The summed E-state index contributed by atoms with van der Waals surface area (Å²) < 4.78 is 0. The first-order valence-electron chi connectivity index (χ1n) is 30.2. The fourth-order valence-corrected chi connectivity index (χ4v) is 9.94. The molecule has 85 heavy (non-hydrogen) atoms. The van der Waals surface area contributed by atoms with E-state index in [-0.39, 0.29) is 102 Å². The number of aliphatic hydroxyl groups excluding tert-OH is 2. The Morgan fingerprint density at radius 3 is 1.74 bits per heavy atom. The van der Waals surface area contributed by atoms with Crippen molar-refractivity contribution in [2.45, 2.75) is 199 Å². The van der Waals surface area contributed by atoms with Crippen molar-refractivity contribution < 1.29 is 63.0 Å². The maximum Gasteiger partial charge on any atom is 0.245 e. The van der Waals surface area contributed by atoms with Gasteiger partial charge in [0, 0.05) is 44.1 Å². The molecule has 1 fully saturated rings. The number of nitrogens with one attached hydrogen (secondary N) is 8. The first-order chi connectivity index (χ1) is 40.3. The Bertz CT molecular complexity index is 2310. The summed E-state index contributed by atoms with van der Waals surface area (Å²) >= 11 is 0. The monoisotopic (exact) mass is 1200 g/mol. The molecule has 0 radical (unpaired) electrons. The molecule has 1 aliphatic heterocycles. The van der Waals surface area contributed by atoms with Gasteiger partial charge >= 0.3 is 0 Å². The molecule has 0 spiro atoms. The van der Waals surface area contributed by atoms with Crippen LogP contribution in [0.15, 0.2) is 30.3 Å². The standard InChI is InChI=1S/C59H101N13O13/c1-7-35(4)13-11-12-16-41(75)31-39(17-23-60)52(78)72-51(37(6)74)59(85)70-46(21-27-64)56(82)69-47-22-28-65-54(80)42(36(5)73)33-50(77)43(18-24-61)66-55(81)44(19-25-62)67-53(79)40(29-34(2)3)32-49(76)48(30-38-14-9-8-10-15-38)71-57(83)45(20-26-63)68-58(47)84/h8-10,14-15,34-37,39-40,42-48,51,73-74H,7,11-13,16-33,60-64H2,1-6H3,(H,65,80)(H,66,81)(H,67,79)(H,68,84)(H,69,82)(H,70,85)(H,71,83)(H,72,78)/t35-,36-,37+,39-,40+,42+,43-,44-,45+,46-,47?,48+,51-/m0/s1. The van der Waals surface area contributed by atoms with E-state index < -0.39 is 157 Å². The zero-order valence-corrected chi connectivity index (χ0v) is 50.8. The van der Waals surface area contributed by atoms with Crippen LogP contribution in [-0.4, -0.2) is 169 Å². The Labute approximate surface area is 500 Å². The molecule has 480 valence electrons. The Hall–Kier alpha value is -6.29. The number of benzene rings is 1. The van der Waals surface area contributed by atoms with E-state index in [0.29, 0.717) is 17.9 Å². The summed E-state index contributed by atoms with van der Waals surface area (Å²) in [5.74, 6) is -11.4. The van der Waals surface area contributed by atoms with E-state index in [1.807, 2.05) is 13.8 Å². The lowest BCUT2D eigenvalue weighted by Crippen LogP contribution is -2.61. The van der Waals surface area contributed by atoms with Crippen molar-refractivity contribution in [3.05, 3.63) is 35.9 Å². The van der Waals surface area contributed by atoms with Crippen LogP contribution in [-0.2, 0) is 59.2 Å². The van der Waals surface area contributed by atoms with Gasteiger partial charge < -0.3 is 81.4 Å². The Kier molecular flexibility index (Phi) is 35.3. The number of hydrogen-bond donors (Lipinski definition) is 15. The summed E-state index contributed by atoms with van der Waals surface area (Å²) in [4.78, 5) is 155. The largest absolute Gasteiger partial charge is 0.393 e. The van der Waals surface area contributed by atoms with Gasteiger partial charge in [0.15, 0.2) is 11.6 Å². The van der Waals surface area contributed by atoms with Crippen LogP contribution in [0.1, 0.15) is 143 Å². The van der Waals surface area contributed by atoms with Crippen LogP contribution in [0.5, 0.6) is 0 Å². The van der Waals surface area contributed by atoms with E-state index in [9.17, 15) is 63.0 Å². The van der Waals surface area contributed by atoms with Crippen LogP contribution in [0, 0.1) is 29.6 Å². The molecule has 20 N–H and O–H groups in total. The molecule has 1 aliphatic rings. The normalized spacial score (nSPS) is 23.1. The molecule has 2 rings (SSSR count). The van der Waals surface area contributed by atoms with Gasteiger partial charge in [-0.25, -0.2) is 0 Å². The average molecular weight is 1200 g/mol. The zero-order chi connectivity index (χ0) is 63.8. The minimum Gasteiger partial charge on any atom is -0.393 e. The second kappa shape index (κ2) is 40.2. The summed E-state index contributed by atoms with van der Waals surface area (Å²) in [6.07, 6.45) is -1.24. The highest BCUT2D eigenvalue weighted by Crippen LogP contribution is 2.21. The molecule has 26 nitrogen and oxygen atoms in total. The van der Waals surface area contributed by atoms with Crippen molar-refractivity contribution in [3.8, 4) is 0 Å². The highest BCUT2D eigenvalue weighted by Gasteiger charge is 2.38. The quantitative estimate of drug-likeness (QED) is 0.0372. The molecule has 1 unspecified atom stereocenters. The number of carbonyl (C=O) groups excluding carboxylic acids is 11. The zero-order valence-electron chi connectivity index (χ0n) is 50.8. The molecule has 0 aliphatic carbocycles. The highest BCUT2D eigenvalue weighted by atomic mass is 16.3. The smallest absolute Gasteiger partial charge is 0.245 e. The van der Waals surface area contributed by atoms with Crippen LogP contribution < -0.4 is 71.2 Å². The number of carbonyl (C=O) groups is 11. The predicted octanol–water partition coefficient (Wildman–Crippen LogP) is -1.97. The number of Topliss-reactive ketones (excluding diaryl/α,β-unsaturated/α-hetero) is 3. The molecule has 8 amide bonds. The summed E-state index contributed by atoms with van der Waals surface area (Å²) in [5.41, 5.74) is 30.1. The van der Waals surface area contributed by atoms with Crippen molar-refractivity contribution in [2.24, 2.45) is 58.3 Å². The Morgan fingerprint density at radius 2 is 1.19 bits per heavy atom. The molecule has 1 saturated heterocycles. The molecule has 0 aromatic heterocycles. The number of ketones is 3. The number of aliphatic hydroxyl groups is 2. The predicted molar refractivity (Wildman–Crippen MR) is 320 cm³/mol. The van der Waals surface area contributed by atoms with Crippen molar-refractivity contribution in [1.29, 1.82) is 0 Å². The van der Waals surface area contributed by atoms with Gasteiger partial charge in [0.1, 0.15) is 36.0 Å². The molecule has 1 aromatic carbocycles. The first-order valence-corrected chi connectivity index (χ1v) is 30.2. The molecule has 0 saturated carbocycles. The summed E-state index contributed by atoms with van der Waals surface area (Å²) in [6, 6.07) is -1.43. The van der Waals surface area contributed by atoms with E-state index in [1.165, 1.54) is 13.8 Å². The topological polar surface area (TPSA) is 455 Å². The third-order valence-corrected chi connectivity index (χ3v) is 15.2. The minimum absolute atomic E-state index is 0.0440. The Balaban J connectivity index is 2.67. The van der Waals surface area contributed by atoms with Crippen LogP contribution in [0.25, 0.3) is 0 Å². The molecule has 0 bridgehead atoms. The molecule has 1 heterocycles. The number of rotatable bonds is 30. The fraction of sp³-hybridized carbons (Fsp3) is 0.712. The summed E-state index contributed by atoms with van der Waals surface area (Å²) in [6.45, 7) is 9.50. The number of amides is 8. The second-order valence-corrected chi connectivity index (χ2v) is 23.0. The van der Waals surface area contributed by atoms with E-state index in [0.717, 1.165) is 19.3 Å². The van der Waals surface area contributed by atoms with Gasteiger partial charge in [-0.05, 0) is 122 Å². The van der Waals surface area contributed by atoms with Gasteiger partial charge in [0.2, 0.25) is 47.3 Å².